The van der Waals surface area contributed by atoms with Crippen LogP contribution in [0.3, 0.4) is 0 Å². The lowest BCUT2D eigenvalue weighted by Crippen LogP contribution is -2.10. The van der Waals surface area contributed by atoms with Crippen LogP contribution in [0.5, 0.6) is 5.75 Å². The van der Waals surface area contributed by atoms with Crippen LogP contribution in [0.15, 0.2) is 42.5 Å². The Labute approximate surface area is 161 Å². The number of methoxy groups -OCH3 is 1. The van der Waals surface area contributed by atoms with Crippen molar-refractivity contribution in [3.05, 3.63) is 58.1 Å². The number of benzene rings is 2. The van der Waals surface area contributed by atoms with Gasteiger partial charge in [-0.15, -0.1) is 0 Å². The average Bonchev–Trinajstić information content (AvgIpc) is 2.61. The van der Waals surface area contributed by atoms with Crippen molar-refractivity contribution < 1.29 is 14.3 Å². The number of rotatable bonds is 6. The lowest BCUT2D eigenvalue weighted by molar-refractivity contribution is -0.116. The van der Waals surface area contributed by atoms with E-state index < -0.39 is 0 Å². The van der Waals surface area contributed by atoms with Crippen molar-refractivity contribution in [1.29, 1.82) is 0 Å². The number of amides is 2. The summed E-state index contributed by atoms with van der Waals surface area (Å²) < 4.78 is 5.23. The van der Waals surface area contributed by atoms with Crippen LogP contribution in [-0.2, 0) is 9.59 Å². The van der Waals surface area contributed by atoms with E-state index in [1.807, 2.05) is 0 Å². The number of ether oxygens (including phenoxy) is 1. The number of halogens is 2. The summed E-state index contributed by atoms with van der Waals surface area (Å²) in [6.07, 6.45) is 3.33. The van der Waals surface area contributed by atoms with Gasteiger partial charge in [0, 0.05) is 34.5 Å². The maximum absolute atomic E-state index is 12.1. The Bertz CT molecular complexity index is 833. The lowest BCUT2D eigenvalue weighted by Gasteiger charge is -2.08. The van der Waals surface area contributed by atoms with Crippen molar-refractivity contribution in [1.82, 2.24) is 0 Å². The minimum absolute atomic E-state index is 0.0705. The van der Waals surface area contributed by atoms with Gasteiger partial charge in [-0.05, 0) is 42.5 Å². The molecule has 2 rings (SSSR count). The van der Waals surface area contributed by atoms with Crippen LogP contribution in [0, 0.1) is 0 Å². The van der Waals surface area contributed by atoms with Crippen LogP contribution in [0.1, 0.15) is 18.9 Å². The highest BCUT2D eigenvalue weighted by Crippen LogP contribution is 2.32. The summed E-state index contributed by atoms with van der Waals surface area (Å²) in [5, 5.41) is 6.28. The molecule has 0 aliphatic rings. The minimum Gasteiger partial charge on any atom is -0.495 e. The first-order valence-corrected chi connectivity index (χ1v) is 8.60. The molecule has 0 aliphatic carbocycles. The fourth-order valence-corrected chi connectivity index (χ4v) is 2.74. The molecule has 5 nitrogen and oxygen atoms in total. The van der Waals surface area contributed by atoms with E-state index in [9.17, 15) is 9.59 Å². The van der Waals surface area contributed by atoms with Crippen LogP contribution in [0.2, 0.25) is 10.0 Å². The summed E-state index contributed by atoms with van der Waals surface area (Å²) in [7, 11) is 1.49. The molecule has 2 N–H and O–H groups in total. The molecule has 0 fully saturated rings. The van der Waals surface area contributed by atoms with Gasteiger partial charge in [0.25, 0.3) is 0 Å². The molecule has 0 bridgehead atoms. The molecular formula is C19H18Cl2N2O3. The Morgan fingerprint density at radius 1 is 1.08 bits per heavy atom. The molecule has 0 saturated heterocycles. The second-order valence-corrected chi connectivity index (χ2v) is 6.16. The van der Waals surface area contributed by atoms with Gasteiger partial charge in [0.2, 0.25) is 11.8 Å². The summed E-state index contributed by atoms with van der Waals surface area (Å²) in [4.78, 5) is 23.4. The van der Waals surface area contributed by atoms with Gasteiger partial charge < -0.3 is 15.4 Å². The summed E-state index contributed by atoms with van der Waals surface area (Å²) in [5.41, 5.74) is 1.87. The molecule has 26 heavy (non-hydrogen) atoms. The van der Waals surface area contributed by atoms with Gasteiger partial charge >= 0.3 is 0 Å². The van der Waals surface area contributed by atoms with Gasteiger partial charge in [-0.3, -0.25) is 9.59 Å². The molecule has 7 heteroatoms. The third kappa shape index (κ3) is 5.51. The van der Waals surface area contributed by atoms with E-state index >= 15 is 0 Å². The monoisotopic (exact) mass is 392 g/mol. The van der Waals surface area contributed by atoms with Crippen molar-refractivity contribution in [3.63, 3.8) is 0 Å². The Balaban J connectivity index is 2.05. The number of carbonyl (C=O) groups excluding carboxylic acids is 2. The van der Waals surface area contributed by atoms with E-state index in [0.29, 0.717) is 39.2 Å². The van der Waals surface area contributed by atoms with Gasteiger partial charge in [0.15, 0.2) is 0 Å². The van der Waals surface area contributed by atoms with E-state index in [-0.39, 0.29) is 11.8 Å². The maximum atomic E-state index is 12.1. The second kappa shape index (κ2) is 9.27. The second-order valence-electron chi connectivity index (χ2n) is 5.31. The van der Waals surface area contributed by atoms with Crippen LogP contribution in [-0.4, -0.2) is 18.9 Å². The van der Waals surface area contributed by atoms with Crippen molar-refractivity contribution in [3.8, 4) is 5.75 Å². The highest BCUT2D eigenvalue weighted by molar-refractivity contribution is 6.36. The van der Waals surface area contributed by atoms with Crippen LogP contribution < -0.4 is 15.4 Å². The Morgan fingerprint density at radius 2 is 1.69 bits per heavy atom. The maximum Gasteiger partial charge on any atom is 0.248 e. The molecule has 0 heterocycles. The molecule has 2 aromatic rings. The number of hydrogen-bond acceptors (Lipinski definition) is 3. The Morgan fingerprint density at radius 3 is 2.27 bits per heavy atom. The molecule has 2 aromatic carbocycles. The Hall–Kier alpha value is -2.50. The average molecular weight is 393 g/mol. The van der Waals surface area contributed by atoms with Crippen LogP contribution >= 0.6 is 23.2 Å². The summed E-state index contributed by atoms with van der Waals surface area (Å²) in [6, 6.07) is 10.1. The van der Waals surface area contributed by atoms with Crippen molar-refractivity contribution in [2.24, 2.45) is 0 Å². The molecule has 0 unspecified atom stereocenters. The van der Waals surface area contributed by atoms with Crippen LogP contribution in [0.4, 0.5) is 11.4 Å². The zero-order valence-electron chi connectivity index (χ0n) is 14.3. The van der Waals surface area contributed by atoms with Crippen LogP contribution in [0.25, 0.3) is 6.08 Å². The van der Waals surface area contributed by atoms with Gasteiger partial charge in [0.1, 0.15) is 5.75 Å². The zero-order valence-corrected chi connectivity index (χ0v) is 15.8. The number of anilines is 2. The van der Waals surface area contributed by atoms with Gasteiger partial charge in [-0.25, -0.2) is 0 Å². The van der Waals surface area contributed by atoms with Crippen molar-refractivity contribution >= 4 is 52.5 Å². The largest absolute Gasteiger partial charge is 0.495 e. The molecular weight excluding hydrogens is 375 g/mol. The smallest absolute Gasteiger partial charge is 0.248 e. The van der Waals surface area contributed by atoms with Gasteiger partial charge in [-0.1, -0.05) is 30.1 Å². The van der Waals surface area contributed by atoms with E-state index in [1.165, 1.54) is 13.2 Å². The zero-order chi connectivity index (χ0) is 19.1. The molecule has 2 amide bonds. The molecule has 0 atom stereocenters. The fourth-order valence-electron chi connectivity index (χ4n) is 2.16. The first-order valence-electron chi connectivity index (χ1n) is 7.85. The molecule has 0 aromatic heterocycles. The third-order valence-electron chi connectivity index (χ3n) is 3.41. The number of hydrogen-bond donors (Lipinski definition) is 2. The fraction of sp³-hybridized carbons (Fsp3) is 0.158. The van der Waals surface area contributed by atoms with Gasteiger partial charge in [-0.2, -0.15) is 0 Å². The molecule has 0 radical (unpaired) electrons. The Kier molecular flexibility index (Phi) is 7.06. The number of nitrogens with one attached hydrogen (secondary N) is 2. The highest BCUT2D eigenvalue weighted by Gasteiger charge is 2.08. The van der Waals surface area contributed by atoms with Crippen molar-refractivity contribution in [2.45, 2.75) is 13.3 Å². The number of carbonyl (C=O) groups is 2. The summed E-state index contributed by atoms with van der Waals surface area (Å²) >= 11 is 12.0. The highest BCUT2D eigenvalue weighted by atomic mass is 35.5. The van der Waals surface area contributed by atoms with E-state index in [0.717, 1.165) is 0 Å². The molecule has 0 aliphatic heterocycles. The van der Waals surface area contributed by atoms with Crippen molar-refractivity contribution in [2.75, 3.05) is 17.7 Å². The summed E-state index contributed by atoms with van der Waals surface area (Å²) in [6.45, 7) is 1.78. The lowest BCUT2D eigenvalue weighted by atomic mass is 10.2. The standard InChI is InChI=1S/C19H18Cl2N2O3/c1-3-17(24)22-14-5-7-15(8-6-14)23-18(25)9-4-12-10-13(20)11-16(21)19(12)26-2/h4-11H,3H2,1-2H3,(H,22,24)(H,23,25)/b9-4+. The van der Waals surface area contributed by atoms with E-state index in [4.69, 9.17) is 27.9 Å². The van der Waals surface area contributed by atoms with E-state index in [1.54, 1.807) is 49.4 Å². The normalized spacial score (nSPS) is 10.6. The predicted octanol–water partition coefficient (Wildman–Crippen LogP) is 5.00. The SMILES string of the molecule is CCC(=O)Nc1ccc(NC(=O)/C=C/c2cc(Cl)cc(Cl)c2OC)cc1. The first kappa shape index (κ1) is 19.8. The molecule has 0 spiro atoms. The minimum atomic E-state index is -0.325. The third-order valence-corrected chi connectivity index (χ3v) is 3.91. The van der Waals surface area contributed by atoms with Gasteiger partial charge in [0.05, 0.1) is 12.1 Å². The topological polar surface area (TPSA) is 67.4 Å². The quantitative estimate of drug-likeness (QED) is 0.679. The molecule has 0 saturated carbocycles. The molecule has 136 valence electrons. The van der Waals surface area contributed by atoms with E-state index in [2.05, 4.69) is 10.6 Å². The summed E-state index contributed by atoms with van der Waals surface area (Å²) in [5.74, 6) is 0.0449. The predicted molar refractivity (Wildman–Crippen MR) is 106 cm³/mol. The first-order chi connectivity index (χ1) is 12.4.